The van der Waals surface area contributed by atoms with Gasteiger partial charge in [-0.3, -0.25) is 9.52 Å². The van der Waals surface area contributed by atoms with Crippen LogP contribution in [-0.2, 0) is 10.0 Å². The zero-order chi connectivity index (χ0) is 21.6. The van der Waals surface area contributed by atoms with E-state index < -0.39 is 15.9 Å². The van der Waals surface area contributed by atoms with E-state index in [9.17, 15) is 13.2 Å². The first-order valence-corrected chi connectivity index (χ1v) is 10.9. The zero-order valence-electron chi connectivity index (χ0n) is 15.4. The van der Waals surface area contributed by atoms with Crippen LogP contribution < -0.4 is 10.1 Å². The number of amides is 1. The molecule has 0 atom stereocenters. The van der Waals surface area contributed by atoms with Crippen LogP contribution in [0.2, 0.25) is 0 Å². The third-order valence-corrected chi connectivity index (χ3v) is 5.87. The lowest BCUT2D eigenvalue weighted by molar-refractivity contribution is 0.0955. The highest BCUT2D eigenvalue weighted by atomic mass is 79.9. The Bertz CT molecular complexity index is 1220. The number of rotatable bonds is 6. The molecule has 1 amide bonds. The number of nitrogens with zero attached hydrogens (tertiary/aromatic N) is 2. The molecule has 3 rings (SSSR count). The third kappa shape index (κ3) is 5.53. The first-order valence-electron chi connectivity index (χ1n) is 8.59. The smallest absolute Gasteiger partial charge is 0.271 e. The van der Waals surface area contributed by atoms with E-state index in [1.54, 1.807) is 36.4 Å². The van der Waals surface area contributed by atoms with Crippen molar-refractivity contribution in [3.8, 4) is 6.07 Å². The van der Waals surface area contributed by atoms with Gasteiger partial charge < -0.3 is 0 Å². The Morgan fingerprint density at radius 3 is 2.20 bits per heavy atom. The number of hydrogen-bond donors (Lipinski definition) is 2. The molecule has 2 N–H and O–H groups in total. The van der Waals surface area contributed by atoms with E-state index in [0.717, 1.165) is 10.0 Å². The summed E-state index contributed by atoms with van der Waals surface area (Å²) in [6, 6.07) is 21.0. The van der Waals surface area contributed by atoms with E-state index in [4.69, 9.17) is 5.26 Å². The normalized spacial score (nSPS) is 11.1. The van der Waals surface area contributed by atoms with Crippen molar-refractivity contribution in [2.45, 2.75) is 4.90 Å². The van der Waals surface area contributed by atoms with Crippen LogP contribution in [0.3, 0.4) is 0 Å². The summed E-state index contributed by atoms with van der Waals surface area (Å²) in [5, 5.41) is 12.7. The Kier molecular flexibility index (Phi) is 6.61. The average molecular weight is 483 g/mol. The van der Waals surface area contributed by atoms with Crippen LogP contribution >= 0.6 is 15.9 Å². The molecule has 30 heavy (non-hydrogen) atoms. The van der Waals surface area contributed by atoms with E-state index in [2.05, 4.69) is 31.2 Å². The van der Waals surface area contributed by atoms with Crippen molar-refractivity contribution in [1.82, 2.24) is 5.43 Å². The van der Waals surface area contributed by atoms with Gasteiger partial charge in [-0.2, -0.15) is 10.4 Å². The van der Waals surface area contributed by atoms with E-state index in [1.807, 2.05) is 6.07 Å². The lowest BCUT2D eigenvalue weighted by atomic mass is 10.2. The highest BCUT2D eigenvalue weighted by molar-refractivity contribution is 9.10. The van der Waals surface area contributed by atoms with Gasteiger partial charge in [-0.05, 0) is 66.2 Å². The minimum Gasteiger partial charge on any atom is -0.280 e. The predicted molar refractivity (Wildman–Crippen MR) is 118 cm³/mol. The fraction of sp³-hybridized carbons (Fsp3) is 0. The molecule has 0 unspecified atom stereocenters. The van der Waals surface area contributed by atoms with Crippen molar-refractivity contribution in [3.05, 3.63) is 94.0 Å². The lowest BCUT2D eigenvalue weighted by Crippen LogP contribution is -2.18. The molecule has 0 aliphatic carbocycles. The van der Waals surface area contributed by atoms with Gasteiger partial charge in [-0.1, -0.05) is 28.1 Å². The molecule has 7 nitrogen and oxygen atoms in total. The van der Waals surface area contributed by atoms with Gasteiger partial charge in [0.05, 0.1) is 22.7 Å². The molecule has 9 heteroatoms. The molecule has 0 heterocycles. The molecular weight excluding hydrogens is 468 g/mol. The number of carbonyl (C=O) groups is 1. The Morgan fingerprint density at radius 2 is 1.60 bits per heavy atom. The molecule has 0 fully saturated rings. The SMILES string of the molecule is N#Cc1ccc(/C=N/NC(=O)c2ccc(NS(=O)(=O)c3ccc(Br)cc3)cc2)cc1. The molecule has 0 aliphatic rings. The van der Waals surface area contributed by atoms with Crippen LogP contribution in [0.1, 0.15) is 21.5 Å². The number of anilines is 1. The molecule has 0 saturated heterocycles. The molecule has 0 saturated carbocycles. The Morgan fingerprint density at radius 1 is 0.967 bits per heavy atom. The summed E-state index contributed by atoms with van der Waals surface area (Å²) in [4.78, 5) is 12.3. The third-order valence-electron chi connectivity index (χ3n) is 3.94. The van der Waals surface area contributed by atoms with E-state index in [0.29, 0.717) is 16.8 Å². The first-order chi connectivity index (χ1) is 14.4. The van der Waals surface area contributed by atoms with Crippen LogP contribution in [0.5, 0.6) is 0 Å². The largest absolute Gasteiger partial charge is 0.280 e. The maximum Gasteiger partial charge on any atom is 0.271 e. The van der Waals surface area contributed by atoms with E-state index in [1.165, 1.54) is 42.6 Å². The summed E-state index contributed by atoms with van der Waals surface area (Å²) in [5.41, 5.74) is 4.31. The van der Waals surface area contributed by atoms with Crippen molar-refractivity contribution in [2.75, 3.05) is 4.72 Å². The van der Waals surface area contributed by atoms with Gasteiger partial charge in [0.2, 0.25) is 0 Å². The van der Waals surface area contributed by atoms with Gasteiger partial charge in [-0.25, -0.2) is 13.8 Å². The summed E-state index contributed by atoms with van der Waals surface area (Å²) in [5.74, 6) is -0.442. The van der Waals surface area contributed by atoms with Gasteiger partial charge in [0.1, 0.15) is 0 Å². The molecule has 0 aliphatic heterocycles. The average Bonchev–Trinajstić information content (AvgIpc) is 2.74. The summed E-state index contributed by atoms with van der Waals surface area (Å²) in [7, 11) is -3.73. The fourth-order valence-corrected chi connectivity index (χ4v) is 3.71. The second-order valence-corrected chi connectivity index (χ2v) is 8.67. The number of halogens is 1. The Labute approximate surface area is 182 Å². The fourth-order valence-electron chi connectivity index (χ4n) is 2.39. The van der Waals surface area contributed by atoms with Crippen LogP contribution in [0.4, 0.5) is 5.69 Å². The quantitative estimate of drug-likeness (QED) is 0.409. The second kappa shape index (κ2) is 9.35. The van der Waals surface area contributed by atoms with Crippen molar-refractivity contribution in [1.29, 1.82) is 5.26 Å². The number of sulfonamides is 1. The minimum absolute atomic E-state index is 0.129. The van der Waals surface area contributed by atoms with Crippen molar-refractivity contribution in [3.63, 3.8) is 0 Å². The Hall–Kier alpha value is -3.48. The van der Waals surface area contributed by atoms with Crippen molar-refractivity contribution < 1.29 is 13.2 Å². The van der Waals surface area contributed by atoms with Gasteiger partial charge in [-0.15, -0.1) is 0 Å². The molecule has 3 aromatic carbocycles. The number of carbonyl (C=O) groups excluding carboxylic acids is 1. The highest BCUT2D eigenvalue weighted by Gasteiger charge is 2.14. The van der Waals surface area contributed by atoms with Gasteiger partial charge in [0.15, 0.2) is 0 Å². The molecule has 150 valence electrons. The van der Waals surface area contributed by atoms with Crippen LogP contribution in [0, 0.1) is 11.3 Å². The van der Waals surface area contributed by atoms with E-state index >= 15 is 0 Å². The lowest BCUT2D eigenvalue weighted by Gasteiger charge is -2.09. The van der Waals surface area contributed by atoms with Crippen molar-refractivity contribution in [2.24, 2.45) is 5.10 Å². The summed E-state index contributed by atoms with van der Waals surface area (Å²) >= 11 is 3.26. The summed E-state index contributed by atoms with van der Waals surface area (Å²) < 4.78 is 28.1. The van der Waals surface area contributed by atoms with Crippen LogP contribution in [0.25, 0.3) is 0 Å². The summed E-state index contributed by atoms with van der Waals surface area (Å²) in [6.07, 6.45) is 1.46. The molecule has 0 bridgehead atoms. The zero-order valence-corrected chi connectivity index (χ0v) is 17.8. The highest BCUT2D eigenvalue weighted by Crippen LogP contribution is 2.19. The number of nitrogens with one attached hydrogen (secondary N) is 2. The van der Waals surface area contributed by atoms with E-state index in [-0.39, 0.29) is 4.90 Å². The Balaban J connectivity index is 1.61. The number of nitriles is 1. The molecule has 3 aromatic rings. The summed E-state index contributed by atoms with van der Waals surface area (Å²) in [6.45, 7) is 0. The second-order valence-electron chi connectivity index (χ2n) is 6.07. The monoisotopic (exact) mass is 482 g/mol. The predicted octanol–water partition coefficient (Wildman–Crippen LogP) is 3.89. The minimum atomic E-state index is -3.73. The first kappa shape index (κ1) is 21.2. The standard InChI is InChI=1S/C21H15BrN4O3S/c22-18-7-11-20(12-8-18)30(28,29)26-19-9-5-17(6-10-19)21(27)25-24-14-16-3-1-15(13-23)2-4-16/h1-12,14,26H,(H,25,27)/b24-14+. The van der Waals surface area contributed by atoms with Crippen LogP contribution in [0.15, 0.2) is 87.3 Å². The molecular formula is C21H15BrN4O3S. The van der Waals surface area contributed by atoms with Crippen LogP contribution in [-0.4, -0.2) is 20.5 Å². The molecule has 0 radical (unpaired) electrons. The topological polar surface area (TPSA) is 111 Å². The number of hydrazone groups is 1. The molecule has 0 aromatic heterocycles. The molecule has 0 spiro atoms. The van der Waals surface area contributed by atoms with Gasteiger partial charge >= 0.3 is 0 Å². The van der Waals surface area contributed by atoms with Gasteiger partial charge in [0.25, 0.3) is 15.9 Å². The van der Waals surface area contributed by atoms with Crippen molar-refractivity contribution >= 4 is 43.8 Å². The number of benzene rings is 3. The number of hydrogen-bond acceptors (Lipinski definition) is 5. The van der Waals surface area contributed by atoms with Gasteiger partial charge in [0, 0.05) is 15.7 Å². The maximum atomic E-state index is 12.4. The maximum absolute atomic E-state index is 12.4.